The lowest BCUT2D eigenvalue weighted by Crippen LogP contribution is -2.24. The highest BCUT2D eigenvalue weighted by atomic mass is 127. The third-order valence-corrected chi connectivity index (χ3v) is 3.64. The number of hydrogen-bond donors (Lipinski definition) is 1. The van der Waals surface area contributed by atoms with Crippen LogP contribution in [0.5, 0.6) is 0 Å². The summed E-state index contributed by atoms with van der Waals surface area (Å²) in [5, 5.41) is 3.39. The van der Waals surface area contributed by atoms with Crippen LogP contribution in [0.3, 0.4) is 0 Å². The maximum atomic E-state index is 13.9. The number of pyridine rings is 1. The Bertz CT molecular complexity index is 528. The fourth-order valence-electron chi connectivity index (χ4n) is 1.97. The monoisotopic (exact) mass is 370 g/mol. The summed E-state index contributed by atoms with van der Waals surface area (Å²) in [5.41, 5.74) is 1.71. The van der Waals surface area contributed by atoms with E-state index in [-0.39, 0.29) is 11.9 Å². The number of nitrogens with one attached hydrogen (secondary N) is 1. The second-order valence-corrected chi connectivity index (χ2v) is 5.58. The largest absolute Gasteiger partial charge is 0.306 e. The molecule has 0 saturated carbocycles. The molecule has 1 atom stereocenters. The molecule has 0 radical (unpaired) electrons. The van der Waals surface area contributed by atoms with Crippen LogP contribution in [0.2, 0.25) is 0 Å². The molecule has 1 unspecified atom stereocenters. The van der Waals surface area contributed by atoms with Gasteiger partial charge in [-0.05, 0) is 59.3 Å². The van der Waals surface area contributed by atoms with Crippen molar-refractivity contribution < 1.29 is 4.39 Å². The highest BCUT2D eigenvalue weighted by Gasteiger charge is 2.16. The number of rotatable bonds is 5. The zero-order valence-electron chi connectivity index (χ0n) is 10.7. The summed E-state index contributed by atoms with van der Waals surface area (Å²) in [4.78, 5) is 3.81. The van der Waals surface area contributed by atoms with Gasteiger partial charge in [-0.15, -0.1) is 0 Å². The highest BCUT2D eigenvalue weighted by molar-refractivity contribution is 14.1. The van der Waals surface area contributed by atoms with Crippen LogP contribution in [-0.4, -0.2) is 11.5 Å². The minimum absolute atomic E-state index is 0.125. The Kier molecular flexibility index (Phi) is 5.27. The van der Waals surface area contributed by atoms with Crippen molar-refractivity contribution in [1.29, 1.82) is 0 Å². The first-order valence-corrected chi connectivity index (χ1v) is 7.38. The average molecular weight is 370 g/mol. The summed E-state index contributed by atoms with van der Waals surface area (Å²) in [7, 11) is 0. The van der Waals surface area contributed by atoms with Gasteiger partial charge >= 0.3 is 0 Å². The van der Waals surface area contributed by atoms with Crippen LogP contribution in [-0.2, 0) is 0 Å². The lowest BCUT2D eigenvalue weighted by Gasteiger charge is -2.20. The summed E-state index contributed by atoms with van der Waals surface area (Å²) < 4.78 is 15.1. The molecule has 2 rings (SSSR count). The number of aromatic nitrogens is 1. The second kappa shape index (κ2) is 6.96. The van der Waals surface area contributed by atoms with Gasteiger partial charge in [0.15, 0.2) is 0 Å². The van der Waals surface area contributed by atoms with Gasteiger partial charge in [0, 0.05) is 15.3 Å². The van der Waals surface area contributed by atoms with Crippen LogP contribution in [0.15, 0.2) is 42.7 Å². The lowest BCUT2D eigenvalue weighted by molar-refractivity contribution is 0.543. The van der Waals surface area contributed by atoms with Gasteiger partial charge in [-0.2, -0.15) is 0 Å². The molecule has 1 aromatic carbocycles. The predicted molar refractivity (Wildman–Crippen MR) is 83.5 cm³/mol. The molecule has 0 aliphatic rings. The molecular formula is C15H16FIN2. The van der Waals surface area contributed by atoms with E-state index in [0.29, 0.717) is 5.56 Å². The van der Waals surface area contributed by atoms with Crippen molar-refractivity contribution in [2.75, 3.05) is 6.54 Å². The Morgan fingerprint density at radius 1 is 1.26 bits per heavy atom. The third-order valence-electron chi connectivity index (χ3n) is 2.92. The van der Waals surface area contributed by atoms with Gasteiger partial charge in [0.25, 0.3) is 0 Å². The Hall–Kier alpha value is -1.01. The first-order valence-electron chi connectivity index (χ1n) is 6.30. The van der Waals surface area contributed by atoms with Crippen molar-refractivity contribution in [2.24, 2.45) is 0 Å². The molecule has 0 bridgehead atoms. The van der Waals surface area contributed by atoms with Gasteiger partial charge in [0.1, 0.15) is 5.82 Å². The molecule has 19 heavy (non-hydrogen) atoms. The minimum Gasteiger partial charge on any atom is -0.306 e. The first-order chi connectivity index (χ1) is 9.22. The van der Waals surface area contributed by atoms with Gasteiger partial charge in [0.05, 0.1) is 12.2 Å². The Morgan fingerprint density at radius 3 is 2.63 bits per heavy atom. The fourth-order valence-corrected chi connectivity index (χ4v) is 2.33. The average Bonchev–Trinajstić information content (AvgIpc) is 2.43. The van der Waals surface area contributed by atoms with Crippen LogP contribution >= 0.6 is 22.6 Å². The maximum Gasteiger partial charge on any atom is 0.146 e. The predicted octanol–water partition coefficient (Wildman–Crippen LogP) is 3.91. The Labute approximate surface area is 126 Å². The number of halogens is 2. The van der Waals surface area contributed by atoms with Crippen LogP contribution < -0.4 is 5.32 Å². The Balaban J connectivity index is 2.35. The Morgan fingerprint density at radius 2 is 2.00 bits per heavy atom. The van der Waals surface area contributed by atoms with E-state index in [0.717, 1.165) is 18.5 Å². The number of benzene rings is 1. The molecule has 0 fully saturated rings. The summed E-state index contributed by atoms with van der Waals surface area (Å²) >= 11 is 2.27. The summed E-state index contributed by atoms with van der Waals surface area (Å²) in [6, 6.07) is 9.76. The third kappa shape index (κ3) is 3.73. The molecule has 1 heterocycles. The molecule has 0 saturated heterocycles. The van der Waals surface area contributed by atoms with E-state index in [4.69, 9.17) is 0 Å². The summed E-state index contributed by atoms with van der Waals surface area (Å²) in [6.45, 7) is 2.94. The van der Waals surface area contributed by atoms with Crippen LogP contribution in [0.25, 0.3) is 0 Å². The van der Waals surface area contributed by atoms with Crippen molar-refractivity contribution in [2.45, 2.75) is 19.4 Å². The first kappa shape index (κ1) is 14.4. The van der Waals surface area contributed by atoms with E-state index in [1.54, 1.807) is 12.3 Å². The molecule has 4 heteroatoms. The number of hydrogen-bond acceptors (Lipinski definition) is 2. The molecule has 0 amide bonds. The van der Waals surface area contributed by atoms with Crippen LogP contribution in [0.4, 0.5) is 4.39 Å². The zero-order chi connectivity index (χ0) is 13.7. The van der Waals surface area contributed by atoms with Gasteiger partial charge < -0.3 is 5.32 Å². The van der Waals surface area contributed by atoms with Crippen LogP contribution in [0, 0.1) is 9.39 Å². The van der Waals surface area contributed by atoms with E-state index < -0.39 is 0 Å². The molecule has 100 valence electrons. The SMILES string of the molecule is CCCNC(c1ccc(I)cc1)c1ccncc1F. The fraction of sp³-hybridized carbons (Fsp3) is 0.267. The van der Waals surface area contributed by atoms with E-state index in [1.165, 1.54) is 9.77 Å². The van der Waals surface area contributed by atoms with E-state index >= 15 is 0 Å². The molecule has 1 aromatic heterocycles. The molecule has 0 aliphatic heterocycles. The molecule has 2 aromatic rings. The minimum atomic E-state index is -0.269. The molecular weight excluding hydrogens is 354 g/mol. The van der Waals surface area contributed by atoms with Crippen molar-refractivity contribution in [1.82, 2.24) is 10.3 Å². The smallest absolute Gasteiger partial charge is 0.146 e. The highest BCUT2D eigenvalue weighted by Crippen LogP contribution is 2.24. The summed E-state index contributed by atoms with van der Waals surface area (Å²) in [6.07, 6.45) is 3.90. The topological polar surface area (TPSA) is 24.9 Å². The summed E-state index contributed by atoms with van der Waals surface area (Å²) in [5.74, 6) is -0.269. The van der Waals surface area contributed by atoms with Gasteiger partial charge in [-0.25, -0.2) is 4.39 Å². The van der Waals surface area contributed by atoms with E-state index in [9.17, 15) is 4.39 Å². The van der Waals surface area contributed by atoms with Crippen molar-refractivity contribution >= 4 is 22.6 Å². The van der Waals surface area contributed by atoms with E-state index in [2.05, 4.69) is 39.8 Å². The molecule has 0 spiro atoms. The molecule has 2 nitrogen and oxygen atoms in total. The molecule has 1 N–H and O–H groups in total. The van der Waals surface area contributed by atoms with Crippen molar-refractivity contribution in [3.8, 4) is 0 Å². The normalized spacial score (nSPS) is 12.4. The van der Waals surface area contributed by atoms with Crippen molar-refractivity contribution in [3.63, 3.8) is 0 Å². The van der Waals surface area contributed by atoms with Gasteiger partial charge in [-0.3, -0.25) is 4.98 Å². The number of nitrogens with zero attached hydrogens (tertiary/aromatic N) is 1. The standard InChI is InChI=1S/C15H16FIN2/c1-2-8-19-15(11-3-5-12(17)6-4-11)13-7-9-18-10-14(13)16/h3-7,9-10,15,19H,2,8H2,1H3. The van der Waals surface area contributed by atoms with Gasteiger partial charge in [-0.1, -0.05) is 19.1 Å². The van der Waals surface area contributed by atoms with Gasteiger partial charge in [0.2, 0.25) is 0 Å². The maximum absolute atomic E-state index is 13.9. The molecule has 0 aliphatic carbocycles. The quantitative estimate of drug-likeness (QED) is 0.808. The van der Waals surface area contributed by atoms with Crippen molar-refractivity contribution in [3.05, 3.63) is 63.2 Å². The zero-order valence-corrected chi connectivity index (χ0v) is 12.9. The lowest BCUT2D eigenvalue weighted by atomic mass is 9.99. The van der Waals surface area contributed by atoms with Crippen LogP contribution in [0.1, 0.15) is 30.5 Å². The second-order valence-electron chi connectivity index (χ2n) is 4.34. The van der Waals surface area contributed by atoms with E-state index in [1.807, 2.05) is 24.3 Å².